The third-order valence-corrected chi connectivity index (χ3v) is 5.05. The van der Waals surface area contributed by atoms with E-state index in [0.29, 0.717) is 0 Å². The molecule has 0 atom stereocenters. The van der Waals surface area contributed by atoms with E-state index in [1.165, 1.54) is 109 Å². The molecule has 0 unspecified atom stereocenters. The Labute approximate surface area is 206 Å². The summed E-state index contributed by atoms with van der Waals surface area (Å²) in [5.41, 5.74) is 1.07. The summed E-state index contributed by atoms with van der Waals surface area (Å²) >= 11 is 0. The van der Waals surface area contributed by atoms with Crippen molar-refractivity contribution in [2.45, 2.75) is 123 Å². The van der Waals surface area contributed by atoms with Crippen LogP contribution in [0.5, 0.6) is 0 Å². The number of benzene rings is 1. The first-order valence-corrected chi connectivity index (χ1v) is 11.7. The molecule has 0 fully saturated rings. The summed E-state index contributed by atoms with van der Waals surface area (Å²) < 4.78 is 0. The van der Waals surface area contributed by atoms with Crippen LogP contribution in [0.25, 0.3) is 0 Å². The summed E-state index contributed by atoms with van der Waals surface area (Å²) in [4.78, 5) is 0. The van der Waals surface area contributed by atoms with Crippen molar-refractivity contribution in [2.75, 3.05) is 0 Å². The molecule has 3 N–H and O–H groups in total. The molecule has 0 bridgehead atoms. The molecule has 29 heavy (non-hydrogen) atoms. The zero-order valence-electron chi connectivity index (χ0n) is 19.9. The van der Waals surface area contributed by atoms with Crippen molar-refractivity contribution in [3.63, 3.8) is 0 Å². The summed E-state index contributed by atoms with van der Waals surface area (Å²) in [5.74, 6) is 0. The van der Waals surface area contributed by atoms with Crippen LogP contribution in [0.1, 0.15) is 129 Å². The minimum absolute atomic E-state index is 0. The Hall–Kier alpha value is 0.106. The molecule has 168 valence electrons. The molecular weight excluding hydrogens is 386 g/mol. The molecule has 0 aliphatic rings. The Balaban J connectivity index is -0.000000265. The van der Waals surface area contributed by atoms with Gasteiger partial charge in [-0.3, -0.25) is 0 Å². The van der Waals surface area contributed by atoms with Crippen molar-refractivity contribution in [1.29, 1.82) is 0 Å². The van der Waals surface area contributed by atoms with Crippen LogP contribution in [0.3, 0.4) is 0 Å². The van der Waals surface area contributed by atoms with Crippen molar-refractivity contribution in [3.8, 4) is 0 Å². The van der Waals surface area contributed by atoms with Gasteiger partial charge in [-0.2, -0.15) is 24.6 Å². The van der Waals surface area contributed by atoms with E-state index in [1.807, 2.05) is 30.3 Å². The van der Waals surface area contributed by atoms with Gasteiger partial charge in [0, 0.05) is 0 Å². The van der Waals surface area contributed by atoms with Crippen LogP contribution < -0.4 is 18.6 Å². The second-order valence-corrected chi connectivity index (χ2v) is 7.79. The molecule has 0 aromatic heterocycles. The van der Waals surface area contributed by atoms with Gasteiger partial charge in [-0.1, -0.05) is 129 Å². The minimum Gasteiger partial charge on any atom is -1.00 e. The molecule has 0 saturated heterocycles. The van der Waals surface area contributed by atoms with E-state index in [0.717, 1.165) is 5.56 Å². The first-order chi connectivity index (χ1) is 12.8. The molecule has 3 heteroatoms. The number of hydrogen-bond acceptors (Lipinski definition) is 1. The molecule has 0 heterocycles. The summed E-state index contributed by atoms with van der Waals surface area (Å²) in [6.07, 6.45) is 24.9. The van der Waals surface area contributed by atoms with E-state index in [9.17, 15) is 0 Å². The van der Waals surface area contributed by atoms with Gasteiger partial charge in [0.2, 0.25) is 0 Å². The average Bonchev–Trinajstić information content (AvgIpc) is 2.66. The van der Waals surface area contributed by atoms with Gasteiger partial charge >= 0.3 is 23.1 Å². The normalized spacial score (nSPS) is 9.31. The second-order valence-electron chi connectivity index (χ2n) is 7.79. The van der Waals surface area contributed by atoms with Crippen molar-refractivity contribution >= 4 is 23.1 Å². The van der Waals surface area contributed by atoms with Gasteiger partial charge in [0.05, 0.1) is 0 Å². The molecule has 0 saturated carbocycles. The summed E-state index contributed by atoms with van der Waals surface area (Å²) in [6, 6.07) is 9.87. The Morgan fingerprint density at radius 1 is 0.517 bits per heavy atom. The largest absolute Gasteiger partial charge is 2.00 e. The number of halogens is 1. The van der Waals surface area contributed by atoms with Crippen LogP contribution in [-0.4, -0.2) is 23.1 Å². The fraction of sp³-hybridized carbons (Fsp3) is 0.731. The number of hydrogen-bond donors (Lipinski definition) is 1. The standard InChI is InChI=1S/C19H40.C7H7.ClH.Mg.H3N/c1-3-5-7-9-11-13-15-17-19-18-16-14-12-10-8-6-4-2;1-7-5-3-2-4-6-7;;;/h3-19H2,1-2H3;2-6H,1H2;1H;;1H3/q;-1;;+2;/p-1. The van der Waals surface area contributed by atoms with Crippen LogP contribution in [-0.2, 0) is 0 Å². The maximum absolute atomic E-state index is 3.72. The van der Waals surface area contributed by atoms with Crippen LogP contribution >= 0.6 is 0 Å². The first kappa shape index (κ1) is 36.5. The summed E-state index contributed by atoms with van der Waals surface area (Å²) in [6.45, 7) is 8.31. The molecule has 0 aliphatic carbocycles. The predicted octanol–water partition coefficient (Wildman–Crippen LogP) is 6.31. The Bertz CT molecular complexity index is 343. The van der Waals surface area contributed by atoms with Gasteiger partial charge in [0.25, 0.3) is 0 Å². The van der Waals surface area contributed by atoms with E-state index in [4.69, 9.17) is 0 Å². The number of rotatable bonds is 16. The minimum atomic E-state index is 0. The third kappa shape index (κ3) is 33.0. The molecule has 0 spiro atoms. The maximum Gasteiger partial charge on any atom is 2.00 e. The zero-order valence-corrected chi connectivity index (χ0v) is 22.1. The Kier molecular flexibility index (Phi) is 41.2. The molecule has 0 amide bonds. The second kappa shape index (κ2) is 32.8. The SMILES string of the molecule is CCCCCCCCCCCCCCCCCCC.N.[CH2-]c1ccccc1.[Cl-].[Mg+2]. The van der Waals surface area contributed by atoms with Crippen molar-refractivity contribution < 1.29 is 12.4 Å². The summed E-state index contributed by atoms with van der Waals surface area (Å²) in [7, 11) is 0. The first-order valence-electron chi connectivity index (χ1n) is 11.7. The van der Waals surface area contributed by atoms with Gasteiger partial charge < -0.3 is 18.6 Å². The van der Waals surface area contributed by atoms with E-state index in [1.54, 1.807) is 0 Å². The topological polar surface area (TPSA) is 35.0 Å². The number of unbranched alkanes of at least 4 members (excludes halogenated alkanes) is 16. The van der Waals surface area contributed by atoms with Crippen LogP contribution in [0.15, 0.2) is 30.3 Å². The van der Waals surface area contributed by atoms with E-state index in [2.05, 4.69) is 20.8 Å². The zero-order chi connectivity index (χ0) is 19.1. The molecule has 1 aromatic rings. The van der Waals surface area contributed by atoms with Gasteiger partial charge in [0.15, 0.2) is 0 Å². The van der Waals surface area contributed by atoms with E-state index < -0.39 is 0 Å². The Morgan fingerprint density at radius 2 is 0.759 bits per heavy atom. The van der Waals surface area contributed by atoms with Crippen molar-refractivity contribution in [2.24, 2.45) is 0 Å². The fourth-order valence-electron chi connectivity index (χ4n) is 3.28. The maximum atomic E-state index is 3.72. The van der Waals surface area contributed by atoms with Gasteiger partial charge in [0.1, 0.15) is 0 Å². The molecule has 0 aliphatic heterocycles. The molecule has 0 radical (unpaired) electrons. The molecule has 1 rings (SSSR count). The predicted molar refractivity (Wildman–Crippen MR) is 132 cm³/mol. The van der Waals surface area contributed by atoms with E-state index >= 15 is 0 Å². The Morgan fingerprint density at radius 3 is 0.931 bits per heavy atom. The van der Waals surface area contributed by atoms with Crippen molar-refractivity contribution in [1.82, 2.24) is 6.15 Å². The average molecular weight is 436 g/mol. The monoisotopic (exact) mass is 435 g/mol. The van der Waals surface area contributed by atoms with Crippen LogP contribution in [0.2, 0.25) is 0 Å². The van der Waals surface area contributed by atoms with Crippen LogP contribution in [0.4, 0.5) is 0 Å². The smallest absolute Gasteiger partial charge is 1.00 e. The quantitative estimate of drug-likeness (QED) is 0.184. The fourth-order valence-corrected chi connectivity index (χ4v) is 3.28. The van der Waals surface area contributed by atoms with Gasteiger partial charge in [-0.25, -0.2) is 0 Å². The molecule has 1 nitrogen and oxygen atoms in total. The third-order valence-electron chi connectivity index (χ3n) is 5.05. The molecular formula is C26H50ClMgN. The van der Waals surface area contributed by atoms with Gasteiger partial charge in [-0.05, 0) is 0 Å². The van der Waals surface area contributed by atoms with Crippen LogP contribution in [0, 0.1) is 6.92 Å². The summed E-state index contributed by atoms with van der Waals surface area (Å²) in [5, 5.41) is 0. The van der Waals surface area contributed by atoms with Crippen molar-refractivity contribution in [3.05, 3.63) is 42.8 Å². The van der Waals surface area contributed by atoms with E-state index in [-0.39, 0.29) is 41.6 Å². The van der Waals surface area contributed by atoms with Gasteiger partial charge in [-0.15, -0.1) is 12.1 Å². The molecule has 1 aromatic carbocycles.